The third kappa shape index (κ3) is 4.47. The summed E-state index contributed by atoms with van der Waals surface area (Å²) in [5, 5.41) is 0. The van der Waals surface area contributed by atoms with Crippen molar-refractivity contribution in [3.05, 3.63) is 197 Å². The smallest absolute Gasteiger partial charge is 0.0746 e. The van der Waals surface area contributed by atoms with E-state index >= 15 is 0 Å². The Labute approximate surface area is 303 Å². The minimum Gasteiger partial charge on any atom is -0.310 e. The Morgan fingerprint density at radius 1 is 0.353 bits per heavy atom. The Bertz CT molecular complexity index is 2330. The van der Waals surface area contributed by atoms with E-state index in [0.717, 1.165) is 5.69 Å². The van der Waals surface area contributed by atoms with E-state index in [1.807, 2.05) is 27.7 Å². The molecule has 0 bridgehead atoms. The lowest BCUT2D eigenvalue weighted by atomic mass is 9.70. The average molecular weight is 660 g/mol. The van der Waals surface area contributed by atoms with Gasteiger partial charge in [-0.1, -0.05) is 175 Å². The Hall–Kier alpha value is -5.66. The first-order chi connectivity index (χ1) is 25.1. The second-order valence-electron chi connectivity index (χ2n) is 13.7. The van der Waals surface area contributed by atoms with E-state index < -0.39 is 5.41 Å². The lowest BCUT2D eigenvalue weighted by Gasteiger charge is -2.36. The van der Waals surface area contributed by atoms with Crippen LogP contribution in [0.3, 0.4) is 0 Å². The van der Waals surface area contributed by atoms with Crippen LogP contribution < -0.4 is 4.90 Å². The fraction of sp³-hybridized carbons (Fsp3) is 0.160. The maximum atomic E-state index is 2.51. The summed E-state index contributed by atoms with van der Waals surface area (Å²) >= 11 is 0. The van der Waals surface area contributed by atoms with Crippen molar-refractivity contribution < 1.29 is 0 Å². The van der Waals surface area contributed by atoms with Gasteiger partial charge in [0.15, 0.2) is 0 Å². The molecule has 0 atom stereocenters. The number of hydrogen-bond donors (Lipinski definition) is 0. The molecule has 51 heavy (non-hydrogen) atoms. The van der Waals surface area contributed by atoms with E-state index in [-0.39, 0.29) is 5.41 Å². The quantitative estimate of drug-likeness (QED) is 0.182. The molecule has 0 unspecified atom stereocenters. The van der Waals surface area contributed by atoms with E-state index in [4.69, 9.17) is 0 Å². The van der Waals surface area contributed by atoms with Gasteiger partial charge >= 0.3 is 0 Å². The van der Waals surface area contributed by atoms with Gasteiger partial charge in [-0.15, -0.1) is 0 Å². The number of para-hydroxylation sites is 1. The van der Waals surface area contributed by atoms with Gasteiger partial charge in [0.05, 0.1) is 11.1 Å². The molecule has 7 aromatic carbocycles. The SMILES string of the molecule is CC.CC.CC1(C)c2ccccc2-c2ccc(N(c3ccccc3)c3cccc4c3C3(c5ccccc5-c5ccccc53)c3ccccc3-4)cc21. The van der Waals surface area contributed by atoms with Gasteiger partial charge in [0.1, 0.15) is 0 Å². The van der Waals surface area contributed by atoms with Gasteiger partial charge < -0.3 is 4.90 Å². The Balaban J connectivity index is 0.000000905. The van der Waals surface area contributed by atoms with Crippen molar-refractivity contribution in [2.45, 2.75) is 52.4 Å². The first-order valence-electron chi connectivity index (χ1n) is 18.6. The third-order valence-electron chi connectivity index (χ3n) is 11.1. The molecule has 3 aliphatic rings. The highest BCUT2D eigenvalue weighted by atomic mass is 15.1. The molecular weight excluding hydrogens is 615 g/mol. The van der Waals surface area contributed by atoms with Crippen molar-refractivity contribution in [2.75, 3.05) is 4.90 Å². The van der Waals surface area contributed by atoms with Crippen LogP contribution in [0.4, 0.5) is 17.1 Å². The largest absolute Gasteiger partial charge is 0.310 e. The number of anilines is 3. The lowest BCUT2D eigenvalue weighted by Crippen LogP contribution is -2.28. The van der Waals surface area contributed by atoms with Crippen molar-refractivity contribution in [2.24, 2.45) is 0 Å². The molecule has 1 spiro atoms. The first-order valence-corrected chi connectivity index (χ1v) is 18.6. The Morgan fingerprint density at radius 3 is 1.35 bits per heavy atom. The molecular formula is C50H45N. The summed E-state index contributed by atoms with van der Waals surface area (Å²) in [5.41, 5.74) is 19.2. The summed E-state index contributed by atoms with van der Waals surface area (Å²) in [6.45, 7) is 12.7. The highest BCUT2D eigenvalue weighted by Crippen LogP contribution is 2.65. The fourth-order valence-electron chi connectivity index (χ4n) is 9.15. The molecule has 0 aliphatic heterocycles. The summed E-state index contributed by atoms with van der Waals surface area (Å²) in [4.78, 5) is 2.51. The van der Waals surface area contributed by atoms with Gasteiger partial charge in [-0.3, -0.25) is 0 Å². The van der Waals surface area contributed by atoms with Crippen molar-refractivity contribution in [3.8, 4) is 33.4 Å². The first kappa shape index (κ1) is 32.5. The lowest BCUT2D eigenvalue weighted by molar-refractivity contribution is 0.660. The molecule has 0 N–H and O–H groups in total. The summed E-state index contributed by atoms with van der Waals surface area (Å²) < 4.78 is 0. The van der Waals surface area contributed by atoms with Gasteiger partial charge in [-0.2, -0.15) is 0 Å². The molecule has 7 aromatic rings. The molecule has 0 saturated carbocycles. The summed E-state index contributed by atoms with van der Waals surface area (Å²) in [6, 6.07) is 61.1. The van der Waals surface area contributed by atoms with Crippen LogP contribution in [0.15, 0.2) is 164 Å². The van der Waals surface area contributed by atoms with Crippen LogP contribution in [0.25, 0.3) is 33.4 Å². The molecule has 0 aromatic heterocycles. The summed E-state index contributed by atoms with van der Waals surface area (Å²) in [7, 11) is 0. The van der Waals surface area contributed by atoms with E-state index in [1.54, 1.807) is 0 Å². The maximum Gasteiger partial charge on any atom is 0.0746 e. The van der Waals surface area contributed by atoms with Crippen LogP contribution in [0.1, 0.15) is 74.9 Å². The third-order valence-corrected chi connectivity index (χ3v) is 11.1. The van der Waals surface area contributed by atoms with Crippen LogP contribution in [0.5, 0.6) is 0 Å². The van der Waals surface area contributed by atoms with E-state index in [1.165, 1.54) is 78.1 Å². The number of rotatable bonds is 3. The van der Waals surface area contributed by atoms with E-state index in [9.17, 15) is 0 Å². The maximum absolute atomic E-state index is 2.51. The highest BCUT2D eigenvalue weighted by molar-refractivity contribution is 5.99. The Morgan fingerprint density at radius 2 is 0.784 bits per heavy atom. The number of hydrogen-bond acceptors (Lipinski definition) is 1. The van der Waals surface area contributed by atoms with Gasteiger partial charge in [-0.25, -0.2) is 0 Å². The zero-order valence-electron chi connectivity index (χ0n) is 30.5. The van der Waals surface area contributed by atoms with Crippen molar-refractivity contribution >= 4 is 17.1 Å². The second-order valence-corrected chi connectivity index (χ2v) is 13.7. The van der Waals surface area contributed by atoms with Gasteiger partial charge in [0.25, 0.3) is 0 Å². The van der Waals surface area contributed by atoms with Crippen molar-refractivity contribution in [3.63, 3.8) is 0 Å². The van der Waals surface area contributed by atoms with E-state index in [0.29, 0.717) is 0 Å². The topological polar surface area (TPSA) is 3.24 Å². The zero-order chi connectivity index (χ0) is 35.3. The summed E-state index contributed by atoms with van der Waals surface area (Å²) in [6.07, 6.45) is 0. The highest BCUT2D eigenvalue weighted by Gasteiger charge is 2.53. The van der Waals surface area contributed by atoms with Gasteiger partial charge in [0.2, 0.25) is 0 Å². The average Bonchev–Trinajstić information content (AvgIpc) is 3.76. The van der Waals surface area contributed by atoms with Crippen LogP contribution >= 0.6 is 0 Å². The molecule has 0 amide bonds. The van der Waals surface area contributed by atoms with Gasteiger partial charge in [-0.05, 0) is 91.5 Å². The van der Waals surface area contributed by atoms with Crippen LogP contribution in [0.2, 0.25) is 0 Å². The van der Waals surface area contributed by atoms with Crippen molar-refractivity contribution in [1.82, 2.24) is 0 Å². The van der Waals surface area contributed by atoms with Crippen LogP contribution in [0, 0.1) is 0 Å². The fourth-order valence-corrected chi connectivity index (χ4v) is 9.15. The molecule has 10 rings (SSSR count). The summed E-state index contributed by atoms with van der Waals surface area (Å²) in [5.74, 6) is 0. The van der Waals surface area contributed by atoms with Crippen LogP contribution in [-0.4, -0.2) is 0 Å². The minimum atomic E-state index is -0.436. The molecule has 1 heteroatoms. The second kappa shape index (κ2) is 12.6. The number of benzene rings is 7. The van der Waals surface area contributed by atoms with Crippen LogP contribution in [-0.2, 0) is 10.8 Å². The normalized spacial score (nSPS) is 14.0. The minimum absolute atomic E-state index is 0.0935. The molecule has 3 aliphatic carbocycles. The predicted octanol–water partition coefficient (Wildman–Crippen LogP) is 13.9. The monoisotopic (exact) mass is 659 g/mol. The molecule has 250 valence electrons. The number of fused-ring (bicyclic) bond motifs is 13. The van der Waals surface area contributed by atoms with E-state index in [2.05, 4.69) is 183 Å². The molecule has 0 fully saturated rings. The van der Waals surface area contributed by atoms with Crippen molar-refractivity contribution in [1.29, 1.82) is 0 Å². The Kier molecular flexibility index (Phi) is 8.03. The molecule has 0 heterocycles. The van der Waals surface area contributed by atoms with Gasteiger partial charge in [0, 0.05) is 22.4 Å². The molecule has 0 radical (unpaired) electrons. The standard InChI is InChI=1S/C46H33N.2C2H6/c1-45(2)38-22-10-6-17-32(38)36-28-27-31(29-42(36)45)47(30-15-4-3-5-16-30)43-26-14-21-37-35-20-9-13-25-41(35)46(44(37)43)39-23-11-7-18-33(39)34-19-8-12-24-40(34)46;2*1-2/h3-29H,1-2H3;2*1-2H3. The molecule has 1 nitrogen and oxygen atoms in total. The number of nitrogens with zero attached hydrogens (tertiary/aromatic N) is 1. The zero-order valence-corrected chi connectivity index (χ0v) is 30.5. The predicted molar refractivity (Wildman–Crippen MR) is 218 cm³/mol. The molecule has 0 saturated heterocycles.